The van der Waals surface area contributed by atoms with Crippen molar-refractivity contribution < 1.29 is 19.1 Å². The molecule has 2 saturated heterocycles. The van der Waals surface area contributed by atoms with Crippen LogP contribution in [0.5, 0.6) is 11.5 Å². The van der Waals surface area contributed by atoms with Crippen LogP contribution in [0.15, 0.2) is 24.4 Å². The molecule has 3 aliphatic rings. The van der Waals surface area contributed by atoms with Gasteiger partial charge in [-0.15, -0.1) is 5.10 Å². The zero-order valence-corrected chi connectivity index (χ0v) is 15.9. The van der Waals surface area contributed by atoms with Gasteiger partial charge in [-0.05, 0) is 25.0 Å². The van der Waals surface area contributed by atoms with Gasteiger partial charge >= 0.3 is 6.03 Å². The highest BCUT2D eigenvalue weighted by molar-refractivity contribution is 5.92. The number of nitrogens with zero attached hydrogens (tertiary/aromatic N) is 5. The summed E-state index contributed by atoms with van der Waals surface area (Å²) in [5, 5.41) is 11.0. The Morgan fingerprint density at radius 1 is 1.03 bits per heavy atom. The number of nitrogens with one attached hydrogen (secondary N) is 1. The van der Waals surface area contributed by atoms with Crippen LogP contribution in [0.25, 0.3) is 0 Å². The van der Waals surface area contributed by atoms with Crippen LogP contribution in [0.1, 0.15) is 29.4 Å². The Labute approximate surface area is 167 Å². The molecular formula is C19H22N6O4. The number of rotatable bonds is 3. The van der Waals surface area contributed by atoms with Crippen LogP contribution in [0.3, 0.4) is 0 Å². The number of anilines is 1. The number of benzene rings is 1. The minimum Gasteiger partial charge on any atom is -0.486 e. The van der Waals surface area contributed by atoms with E-state index in [1.54, 1.807) is 34.0 Å². The number of amides is 3. The van der Waals surface area contributed by atoms with E-state index in [4.69, 9.17) is 9.47 Å². The lowest BCUT2D eigenvalue weighted by molar-refractivity contribution is 0.0786. The summed E-state index contributed by atoms with van der Waals surface area (Å²) in [5.41, 5.74) is 1.02. The zero-order valence-electron chi connectivity index (χ0n) is 15.9. The van der Waals surface area contributed by atoms with Crippen molar-refractivity contribution in [3.8, 4) is 11.5 Å². The fourth-order valence-electron chi connectivity index (χ4n) is 3.75. The van der Waals surface area contributed by atoms with E-state index in [9.17, 15) is 9.59 Å². The van der Waals surface area contributed by atoms with Gasteiger partial charge in [0, 0.05) is 37.9 Å². The summed E-state index contributed by atoms with van der Waals surface area (Å²) in [6.07, 6.45) is 3.76. The van der Waals surface area contributed by atoms with Gasteiger partial charge in [0.25, 0.3) is 5.91 Å². The Kier molecular flexibility index (Phi) is 4.45. The number of aromatic nitrogens is 3. The maximum absolute atomic E-state index is 12.5. The molecule has 2 fully saturated rings. The predicted octanol–water partition coefficient (Wildman–Crippen LogP) is 1.37. The summed E-state index contributed by atoms with van der Waals surface area (Å²) in [5.74, 6) is 1.25. The molecule has 3 amide bonds. The van der Waals surface area contributed by atoms with E-state index in [0.29, 0.717) is 49.2 Å². The fraction of sp³-hybridized carbons (Fsp3) is 0.474. The molecule has 0 spiro atoms. The van der Waals surface area contributed by atoms with Gasteiger partial charge in [0.2, 0.25) is 0 Å². The standard InChI is InChI=1S/C19H22N6O4/c26-18(23-5-1-2-6-23)15-12-25(22-21-15)14-10-24(11-14)19(27)20-13-3-4-16-17(9-13)29-8-7-28-16/h3-4,9,12,14H,1-2,5-8,10-11H2,(H,20,27). The lowest BCUT2D eigenvalue weighted by Crippen LogP contribution is -2.52. The van der Waals surface area contributed by atoms with Crippen molar-refractivity contribution in [1.29, 1.82) is 0 Å². The molecule has 2 aromatic rings. The molecule has 29 heavy (non-hydrogen) atoms. The van der Waals surface area contributed by atoms with E-state index in [1.165, 1.54) is 0 Å². The highest BCUT2D eigenvalue weighted by Crippen LogP contribution is 2.33. The van der Waals surface area contributed by atoms with Crippen LogP contribution in [-0.2, 0) is 0 Å². The highest BCUT2D eigenvalue weighted by Gasteiger charge is 2.34. The highest BCUT2D eigenvalue weighted by atomic mass is 16.6. The van der Waals surface area contributed by atoms with Crippen molar-refractivity contribution in [3.63, 3.8) is 0 Å². The fourth-order valence-corrected chi connectivity index (χ4v) is 3.75. The van der Waals surface area contributed by atoms with Crippen molar-refractivity contribution in [2.24, 2.45) is 0 Å². The first kappa shape index (κ1) is 17.8. The smallest absolute Gasteiger partial charge is 0.321 e. The van der Waals surface area contributed by atoms with Gasteiger partial charge in [0.05, 0.1) is 12.2 Å². The maximum Gasteiger partial charge on any atom is 0.321 e. The first-order chi connectivity index (χ1) is 14.2. The average molecular weight is 398 g/mol. The number of carbonyl (C=O) groups is 2. The number of ether oxygens (including phenoxy) is 2. The molecule has 10 nitrogen and oxygen atoms in total. The Balaban J connectivity index is 1.16. The minimum absolute atomic E-state index is 0.0219. The summed E-state index contributed by atoms with van der Waals surface area (Å²) >= 11 is 0. The van der Waals surface area contributed by atoms with Gasteiger partial charge in [-0.1, -0.05) is 5.21 Å². The number of fused-ring (bicyclic) bond motifs is 1. The molecule has 1 N–H and O–H groups in total. The van der Waals surface area contributed by atoms with E-state index < -0.39 is 0 Å². The largest absolute Gasteiger partial charge is 0.486 e. The number of hydrogen-bond acceptors (Lipinski definition) is 6. The second-order valence-corrected chi connectivity index (χ2v) is 7.43. The molecule has 0 saturated carbocycles. The number of carbonyl (C=O) groups excluding carboxylic acids is 2. The van der Waals surface area contributed by atoms with E-state index in [0.717, 1.165) is 25.9 Å². The summed E-state index contributed by atoms with van der Waals surface area (Å²) in [6, 6.07) is 5.17. The van der Waals surface area contributed by atoms with E-state index in [1.807, 2.05) is 4.90 Å². The number of hydrogen-bond donors (Lipinski definition) is 1. The molecule has 4 heterocycles. The average Bonchev–Trinajstić information content (AvgIpc) is 3.39. The molecule has 0 atom stereocenters. The molecule has 152 valence electrons. The third-order valence-corrected chi connectivity index (χ3v) is 5.44. The number of likely N-dealkylation sites (tertiary alicyclic amines) is 2. The molecule has 5 rings (SSSR count). The molecular weight excluding hydrogens is 376 g/mol. The van der Waals surface area contributed by atoms with Gasteiger partial charge in [-0.25, -0.2) is 9.48 Å². The second kappa shape index (κ2) is 7.26. The van der Waals surface area contributed by atoms with Crippen molar-refractivity contribution >= 4 is 17.6 Å². The summed E-state index contributed by atoms with van der Waals surface area (Å²) < 4.78 is 12.7. The monoisotopic (exact) mass is 398 g/mol. The summed E-state index contributed by atoms with van der Waals surface area (Å²) in [6.45, 7) is 3.61. The van der Waals surface area contributed by atoms with Crippen LogP contribution in [0, 0.1) is 0 Å². The van der Waals surface area contributed by atoms with Crippen LogP contribution in [0.2, 0.25) is 0 Å². The third kappa shape index (κ3) is 3.45. The van der Waals surface area contributed by atoms with Crippen LogP contribution in [0.4, 0.5) is 10.5 Å². The first-order valence-corrected chi connectivity index (χ1v) is 9.84. The molecule has 0 aliphatic carbocycles. The van der Waals surface area contributed by atoms with Crippen LogP contribution < -0.4 is 14.8 Å². The van der Waals surface area contributed by atoms with Crippen molar-refractivity contribution in [3.05, 3.63) is 30.1 Å². The second-order valence-electron chi connectivity index (χ2n) is 7.43. The van der Waals surface area contributed by atoms with Gasteiger partial charge in [0.15, 0.2) is 17.2 Å². The molecule has 3 aliphatic heterocycles. The number of urea groups is 1. The molecule has 0 bridgehead atoms. The van der Waals surface area contributed by atoms with Gasteiger partial charge in [-0.3, -0.25) is 4.79 Å². The van der Waals surface area contributed by atoms with Crippen molar-refractivity contribution in [2.45, 2.75) is 18.9 Å². The molecule has 1 aromatic carbocycles. The first-order valence-electron chi connectivity index (χ1n) is 9.84. The minimum atomic E-state index is -0.189. The molecule has 1 aromatic heterocycles. The predicted molar refractivity (Wildman–Crippen MR) is 102 cm³/mol. The topological polar surface area (TPSA) is 102 Å². The lowest BCUT2D eigenvalue weighted by atomic mass is 10.1. The Morgan fingerprint density at radius 2 is 1.79 bits per heavy atom. The Morgan fingerprint density at radius 3 is 2.59 bits per heavy atom. The van der Waals surface area contributed by atoms with Crippen LogP contribution in [-0.4, -0.2) is 76.1 Å². The third-order valence-electron chi connectivity index (χ3n) is 5.44. The van der Waals surface area contributed by atoms with Crippen molar-refractivity contribution in [1.82, 2.24) is 24.8 Å². The molecule has 0 radical (unpaired) electrons. The summed E-state index contributed by atoms with van der Waals surface area (Å²) in [7, 11) is 0. The van der Waals surface area contributed by atoms with Crippen LogP contribution >= 0.6 is 0 Å². The van der Waals surface area contributed by atoms with Gasteiger partial charge in [-0.2, -0.15) is 0 Å². The van der Waals surface area contributed by atoms with Gasteiger partial charge < -0.3 is 24.6 Å². The normalized spacial score (nSPS) is 18.5. The van der Waals surface area contributed by atoms with E-state index in [2.05, 4.69) is 15.6 Å². The molecule has 0 unspecified atom stereocenters. The van der Waals surface area contributed by atoms with E-state index >= 15 is 0 Å². The Bertz CT molecular complexity index is 933. The van der Waals surface area contributed by atoms with E-state index in [-0.39, 0.29) is 18.0 Å². The summed E-state index contributed by atoms with van der Waals surface area (Å²) in [4.78, 5) is 28.3. The maximum atomic E-state index is 12.5. The van der Waals surface area contributed by atoms with Crippen molar-refractivity contribution in [2.75, 3.05) is 44.7 Å². The van der Waals surface area contributed by atoms with Gasteiger partial charge in [0.1, 0.15) is 13.2 Å². The molecule has 10 heteroatoms. The quantitative estimate of drug-likeness (QED) is 0.838. The Hall–Kier alpha value is -3.30. The zero-order chi connectivity index (χ0) is 19.8. The SMILES string of the molecule is O=C(Nc1ccc2c(c1)OCCO2)N1CC(n2cc(C(=O)N3CCCC3)nn2)C1. The lowest BCUT2D eigenvalue weighted by Gasteiger charge is -2.38.